The zero-order chi connectivity index (χ0) is 21.7. The summed E-state index contributed by atoms with van der Waals surface area (Å²) in [5.74, 6) is 0.932. The molecule has 9 heteroatoms. The van der Waals surface area contributed by atoms with Crippen molar-refractivity contribution in [1.82, 2.24) is 9.21 Å². The number of anilines is 1. The molecule has 3 rings (SSSR count). The fourth-order valence-corrected chi connectivity index (χ4v) is 4.17. The molecule has 0 aliphatic carbocycles. The predicted molar refractivity (Wildman–Crippen MR) is 116 cm³/mol. The first-order valence-electron chi connectivity index (χ1n) is 9.60. The highest BCUT2D eigenvalue weighted by Crippen LogP contribution is 2.29. The van der Waals surface area contributed by atoms with E-state index in [1.807, 2.05) is 12.1 Å². The molecule has 0 unspecified atom stereocenters. The molecule has 1 amide bonds. The van der Waals surface area contributed by atoms with Gasteiger partial charge in [-0.1, -0.05) is 12.1 Å². The molecule has 0 radical (unpaired) electrons. The molecule has 1 aliphatic heterocycles. The third kappa shape index (κ3) is 5.50. The number of hydrogen-bond acceptors (Lipinski definition) is 6. The number of nitrogens with zero attached hydrogens (tertiary/aromatic N) is 2. The van der Waals surface area contributed by atoms with Crippen LogP contribution in [0.3, 0.4) is 0 Å². The van der Waals surface area contributed by atoms with Crippen molar-refractivity contribution in [3.8, 4) is 11.5 Å². The summed E-state index contributed by atoms with van der Waals surface area (Å²) < 4.78 is 35.2. The van der Waals surface area contributed by atoms with Gasteiger partial charge in [-0.15, -0.1) is 0 Å². The fourth-order valence-electron chi connectivity index (χ4n) is 3.35. The fraction of sp³-hybridized carbons (Fsp3) is 0.381. The Morgan fingerprint density at radius 2 is 1.67 bits per heavy atom. The lowest BCUT2D eigenvalue weighted by Crippen LogP contribution is -2.47. The van der Waals surface area contributed by atoms with E-state index in [1.54, 1.807) is 44.6 Å². The van der Waals surface area contributed by atoms with Crippen LogP contribution in [0.4, 0.5) is 5.69 Å². The maximum Gasteiger partial charge on any atom is 0.255 e. The van der Waals surface area contributed by atoms with Crippen LogP contribution >= 0.6 is 0 Å². The van der Waals surface area contributed by atoms with Crippen LogP contribution in [0.5, 0.6) is 11.5 Å². The Morgan fingerprint density at radius 1 is 1.00 bits per heavy atom. The number of amides is 1. The highest BCUT2D eigenvalue weighted by atomic mass is 32.2. The van der Waals surface area contributed by atoms with Crippen molar-refractivity contribution in [3.63, 3.8) is 0 Å². The van der Waals surface area contributed by atoms with Crippen LogP contribution in [0.25, 0.3) is 0 Å². The van der Waals surface area contributed by atoms with E-state index in [9.17, 15) is 13.2 Å². The van der Waals surface area contributed by atoms with E-state index >= 15 is 0 Å². The van der Waals surface area contributed by atoms with E-state index in [0.29, 0.717) is 55.5 Å². The van der Waals surface area contributed by atoms with Gasteiger partial charge in [-0.3, -0.25) is 9.69 Å². The Labute approximate surface area is 177 Å². The van der Waals surface area contributed by atoms with Crippen molar-refractivity contribution in [3.05, 3.63) is 53.6 Å². The lowest BCUT2D eigenvalue weighted by molar-refractivity contribution is 0.102. The van der Waals surface area contributed by atoms with Crippen molar-refractivity contribution >= 4 is 21.6 Å². The molecule has 1 heterocycles. The van der Waals surface area contributed by atoms with Crippen LogP contribution in [-0.4, -0.2) is 70.2 Å². The maximum absolute atomic E-state index is 12.6. The lowest BCUT2D eigenvalue weighted by Gasteiger charge is -2.33. The van der Waals surface area contributed by atoms with Gasteiger partial charge in [0.2, 0.25) is 10.0 Å². The molecular formula is C21H27N3O5S. The molecule has 2 aromatic rings. The van der Waals surface area contributed by atoms with Crippen molar-refractivity contribution in [2.45, 2.75) is 6.54 Å². The third-order valence-electron chi connectivity index (χ3n) is 5.08. The van der Waals surface area contributed by atoms with Gasteiger partial charge in [-0.25, -0.2) is 8.42 Å². The number of methoxy groups -OCH3 is 2. The molecular weight excluding hydrogens is 406 g/mol. The topological polar surface area (TPSA) is 88.2 Å². The van der Waals surface area contributed by atoms with E-state index < -0.39 is 10.0 Å². The third-order valence-corrected chi connectivity index (χ3v) is 6.38. The molecule has 0 bridgehead atoms. The monoisotopic (exact) mass is 433 g/mol. The van der Waals surface area contributed by atoms with Gasteiger partial charge >= 0.3 is 0 Å². The van der Waals surface area contributed by atoms with Gasteiger partial charge in [-0.05, 0) is 29.8 Å². The van der Waals surface area contributed by atoms with Crippen LogP contribution in [0.1, 0.15) is 15.9 Å². The summed E-state index contributed by atoms with van der Waals surface area (Å²) in [6, 6.07) is 12.6. The number of nitrogens with one attached hydrogen (secondary N) is 1. The molecule has 30 heavy (non-hydrogen) atoms. The van der Waals surface area contributed by atoms with Crippen molar-refractivity contribution < 1.29 is 22.7 Å². The summed E-state index contributed by atoms with van der Waals surface area (Å²) in [7, 11) is -0.0210. The second-order valence-corrected chi connectivity index (χ2v) is 9.14. The van der Waals surface area contributed by atoms with Crippen LogP contribution in [0, 0.1) is 0 Å². The van der Waals surface area contributed by atoms with Gasteiger partial charge in [0.05, 0.1) is 26.2 Å². The number of piperazine rings is 1. The number of sulfonamides is 1. The molecule has 1 saturated heterocycles. The summed E-state index contributed by atoms with van der Waals surface area (Å²) in [4.78, 5) is 14.8. The van der Waals surface area contributed by atoms with Crippen LogP contribution in [0.2, 0.25) is 0 Å². The van der Waals surface area contributed by atoms with Crippen molar-refractivity contribution in [1.29, 1.82) is 0 Å². The minimum absolute atomic E-state index is 0.241. The normalized spacial score (nSPS) is 15.6. The molecule has 1 N–H and O–H groups in total. The molecule has 0 saturated carbocycles. The Hall–Kier alpha value is -2.62. The number of carbonyl (C=O) groups is 1. The summed E-state index contributed by atoms with van der Waals surface area (Å²) in [6.45, 7) is 3.09. The summed E-state index contributed by atoms with van der Waals surface area (Å²) in [6.07, 6.45) is 1.24. The van der Waals surface area contributed by atoms with E-state index in [-0.39, 0.29) is 5.91 Å². The minimum atomic E-state index is -3.13. The number of carbonyl (C=O) groups excluding carboxylic acids is 1. The number of ether oxygens (including phenoxy) is 2. The second kappa shape index (κ2) is 9.46. The second-order valence-electron chi connectivity index (χ2n) is 7.16. The summed E-state index contributed by atoms with van der Waals surface area (Å²) in [5.41, 5.74) is 2.14. The molecule has 0 aromatic heterocycles. The van der Waals surface area contributed by atoms with E-state index in [0.717, 1.165) is 5.56 Å². The zero-order valence-electron chi connectivity index (χ0n) is 17.4. The minimum Gasteiger partial charge on any atom is -0.497 e. The first kappa shape index (κ1) is 22.1. The van der Waals surface area contributed by atoms with E-state index in [2.05, 4.69) is 10.2 Å². The average Bonchev–Trinajstić information content (AvgIpc) is 2.74. The molecule has 1 aliphatic rings. The van der Waals surface area contributed by atoms with Crippen molar-refractivity contribution in [2.24, 2.45) is 0 Å². The van der Waals surface area contributed by atoms with Gasteiger partial charge in [0.1, 0.15) is 11.5 Å². The molecule has 0 atom stereocenters. The molecule has 8 nitrogen and oxygen atoms in total. The highest BCUT2D eigenvalue weighted by molar-refractivity contribution is 7.88. The Kier molecular flexibility index (Phi) is 6.96. The summed E-state index contributed by atoms with van der Waals surface area (Å²) >= 11 is 0. The number of benzene rings is 2. The standard InChI is InChI=1S/C21H27N3O5S/c1-28-18-8-9-20(29-2)19(14-18)22-21(25)17-6-4-16(5-7-17)15-23-10-12-24(13-11-23)30(3,26)27/h4-9,14H,10-13,15H2,1-3H3,(H,22,25). The van der Waals surface area contributed by atoms with Gasteiger partial charge in [0.15, 0.2) is 0 Å². The first-order chi connectivity index (χ1) is 14.3. The van der Waals surface area contributed by atoms with Gasteiger partial charge in [0.25, 0.3) is 5.91 Å². The largest absolute Gasteiger partial charge is 0.497 e. The maximum atomic E-state index is 12.6. The smallest absolute Gasteiger partial charge is 0.255 e. The molecule has 0 spiro atoms. The molecule has 2 aromatic carbocycles. The quantitative estimate of drug-likeness (QED) is 0.719. The average molecular weight is 434 g/mol. The summed E-state index contributed by atoms with van der Waals surface area (Å²) in [5, 5.41) is 2.86. The predicted octanol–water partition coefficient (Wildman–Crippen LogP) is 2.03. The lowest BCUT2D eigenvalue weighted by atomic mass is 10.1. The van der Waals surface area contributed by atoms with Crippen molar-refractivity contribution in [2.75, 3.05) is 52.0 Å². The van der Waals surface area contributed by atoms with Gasteiger partial charge in [0, 0.05) is 44.4 Å². The SMILES string of the molecule is COc1ccc(OC)c(NC(=O)c2ccc(CN3CCN(S(C)(=O)=O)CC3)cc2)c1. The highest BCUT2D eigenvalue weighted by Gasteiger charge is 2.23. The van der Waals surface area contributed by atoms with Crippen LogP contribution in [-0.2, 0) is 16.6 Å². The first-order valence-corrected chi connectivity index (χ1v) is 11.4. The van der Waals surface area contributed by atoms with E-state index in [1.165, 1.54) is 10.6 Å². The Bertz CT molecular complexity index is 984. The number of rotatable bonds is 7. The Balaban J connectivity index is 1.60. The Morgan fingerprint density at radius 3 is 2.23 bits per heavy atom. The number of hydrogen-bond donors (Lipinski definition) is 1. The van der Waals surface area contributed by atoms with Gasteiger partial charge in [-0.2, -0.15) is 4.31 Å². The molecule has 1 fully saturated rings. The van der Waals surface area contributed by atoms with Crippen LogP contribution in [0.15, 0.2) is 42.5 Å². The van der Waals surface area contributed by atoms with Crippen LogP contribution < -0.4 is 14.8 Å². The zero-order valence-corrected chi connectivity index (χ0v) is 18.2. The molecule has 162 valence electrons. The van der Waals surface area contributed by atoms with E-state index in [4.69, 9.17) is 9.47 Å². The van der Waals surface area contributed by atoms with Gasteiger partial charge < -0.3 is 14.8 Å².